The molecule has 1 atom stereocenters. The minimum atomic E-state index is 0.659. The monoisotopic (exact) mass is 211 g/mol. The van der Waals surface area contributed by atoms with Crippen LogP contribution in [0.25, 0.3) is 0 Å². The van der Waals surface area contributed by atoms with Gasteiger partial charge in [-0.25, -0.2) is 4.98 Å². The molecule has 3 N–H and O–H groups in total. The summed E-state index contributed by atoms with van der Waals surface area (Å²) in [6, 6.07) is 0. The lowest BCUT2D eigenvalue weighted by Crippen LogP contribution is -2.01. The Balaban J connectivity index is 1.94. The largest absolute Gasteiger partial charge is 0.346 e. The van der Waals surface area contributed by atoms with Gasteiger partial charge in [0.25, 0.3) is 0 Å². The van der Waals surface area contributed by atoms with Crippen LogP contribution in [0.2, 0.25) is 0 Å². The number of hydrogen-bond acceptors (Lipinski definition) is 3. The molecular formula is C10H17N3S. The average molecular weight is 211 g/mol. The smallest absolute Gasteiger partial charge is 0.110 e. The first-order valence-corrected chi connectivity index (χ1v) is 6.37. The van der Waals surface area contributed by atoms with E-state index in [9.17, 15) is 0 Å². The standard InChI is InChI=1S/C10H17N3S/c11-4-1-2-9-6-12-10(13-9)8-3-5-14-7-8/h6,8H,1-5,7,11H2,(H,12,13). The van der Waals surface area contributed by atoms with E-state index in [0.717, 1.165) is 19.4 Å². The van der Waals surface area contributed by atoms with Crippen molar-refractivity contribution in [3.05, 3.63) is 17.7 Å². The molecule has 14 heavy (non-hydrogen) atoms. The molecule has 1 aromatic heterocycles. The Hall–Kier alpha value is -0.480. The van der Waals surface area contributed by atoms with Crippen LogP contribution in [0.3, 0.4) is 0 Å². The third-order valence-corrected chi connectivity index (χ3v) is 3.78. The quantitative estimate of drug-likeness (QED) is 0.794. The first-order valence-electron chi connectivity index (χ1n) is 5.21. The van der Waals surface area contributed by atoms with E-state index in [4.69, 9.17) is 5.73 Å². The maximum Gasteiger partial charge on any atom is 0.110 e. The Morgan fingerprint density at radius 3 is 3.29 bits per heavy atom. The number of H-pyrrole nitrogens is 1. The summed E-state index contributed by atoms with van der Waals surface area (Å²) in [7, 11) is 0. The van der Waals surface area contributed by atoms with Gasteiger partial charge in [0.05, 0.1) is 0 Å². The Morgan fingerprint density at radius 1 is 1.64 bits per heavy atom. The van der Waals surface area contributed by atoms with Crippen molar-refractivity contribution in [3.63, 3.8) is 0 Å². The van der Waals surface area contributed by atoms with Crippen LogP contribution in [0.1, 0.15) is 30.3 Å². The fourth-order valence-electron chi connectivity index (χ4n) is 1.75. The molecular weight excluding hydrogens is 194 g/mol. The zero-order valence-electron chi connectivity index (χ0n) is 8.33. The zero-order valence-corrected chi connectivity index (χ0v) is 9.15. The van der Waals surface area contributed by atoms with E-state index in [1.165, 1.54) is 29.4 Å². The number of aromatic amines is 1. The van der Waals surface area contributed by atoms with E-state index in [0.29, 0.717) is 5.92 Å². The normalized spacial score (nSPS) is 21.6. The topological polar surface area (TPSA) is 54.7 Å². The molecule has 0 saturated carbocycles. The summed E-state index contributed by atoms with van der Waals surface area (Å²) >= 11 is 2.02. The summed E-state index contributed by atoms with van der Waals surface area (Å²) < 4.78 is 0. The molecule has 2 heterocycles. The molecule has 78 valence electrons. The molecule has 2 rings (SSSR count). The van der Waals surface area contributed by atoms with E-state index < -0.39 is 0 Å². The summed E-state index contributed by atoms with van der Waals surface area (Å²) in [5, 5.41) is 0. The van der Waals surface area contributed by atoms with E-state index in [1.807, 2.05) is 18.0 Å². The van der Waals surface area contributed by atoms with Crippen molar-refractivity contribution in [2.75, 3.05) is 18.1 Å². The zero-order chi connectivity index (χ0) is 9.80. The van der Waals surface area contributed by atoms with Gasteiger partial charge >= 0.3 is 0 Å². The van der Waals surface area contributed by atoms with Crippen LogP contribution in [0, 0.1) is 0 Å². The van der Waals surface area contributed by atoms with Gasteiger partial charge in [-0.3, -0.25) is 0 Å². The summed E-state index contributed by atoms with van der Waals surface area (Å²) in [5.41, 5.74) is 6.71. The lowest BCUT2D eigenvalue weighted by molar-refractivity contribution is 0.723. The minimum Gasteiger partial charge on any atom is -0.346 e. The minimum absolute atomic E-state index is 0.659. The maximum absolute atomic E-state index is 5.47. The Labute approximate surface area is 88.9 Å². The predicted molar refractivity (Wildman–Crippen MR) is 60.6 cm³/mol. The van der Waals surface area contributed by atoms with Crippen LogP contribution in [0.5, 0.6) is 0 Å². The van der Waals surface area contributed by atoms with Crippen LogP contribution in [0.4, 0.5) is 0 Å². The van der Waals surface area contributed by atoms with Crippen LogP contribution in [0.15, 0.2) is 6.20 Å². The van der Waals surface area contributed by atoms with Gasteiger partial charge in [-0.15, -0.1) is 0 Å². The molecule has 3 nitrogen and oxygen atoms in total. The second kappa shape index (κ2) is 4.84. The first kappa shape index (κ1) is 10.1. The van der Waals surface area contributed by atoms with Crippen molar-refractivity contribution in [1.82, 2.24) is 9.97 Å². The van der Waals surface area contributed by atoms with Crippen molar-refractivity contribution in [3.8, 4) is 0 Å². The fourth-order valence-corrected chi connectivity index (χ4v) is 2.98. The van der Waals surface area contributed by atoms with Crippen LogP contribution >= 0.6 is 11.8 Å². The van der Waals surface area contributed by atoms with Gasteiger partial charge in [0.2, 0.25) is 0 Å². The Kier molecular flexibility index (Phi) is 3.48. The summed E-state index contributed by atoms with van der Waals surface area (Å²) in [6.07, 6.45) is 5.31. The summed E-state index contributed by atoms with van der Waals surface area (Å²) in [6.45, 7) is 0.758. The van der Waals surface area contributed by atoms with Crippen molar-refractivity contribution in [2.45, 2.75) is 25.2 Å². The molecule has 1 saturated heterocycles. The van der Waals surface area contributed by atoms with Crippen molar-refractivity contribution in [2.24, 2.45) is 5.73 Å². The molecule has 0 radical (unpaired) electrons. The van der Waals surface area contributed by atoms with E-state index in [1.54, 1.807) is 0 Å². The lowest BCUT2D eigenvalue weighted by Gasteiger charge is -2.02. The Morgan fingerprint density at radius 2 is 2.57 bits per heavy atom. The highest BCUT2D eigenvalue weighted by Crippen LogP contribution is 2.30. The molecule has 0 amide bonds. The van der Waals surface area contributed by atoms with Crippen molar-refractivity contribution >= 4 is 11.8 Å². The van der Waals surface area contributed by atoms with E-state index in [-0.39, 0.29) is 0 Å². The molecule has 1 unspecified atom stereocenters. The molecule has 0 aromatic carbocycles. The third-order valence-electron chi connectivity index (χ3n) is 2.61. The van der Waals surface area contributed by atoms with Crippen LogP contribution in [-0.2, 0) is 6.42 Å². The number of aryl methyl sites for hydroxylation is 1. The van der Waals surface area contributed by atoms with Gasteiger partial charge in [0.1, 0.15) is 5.82 Å². The number of rotatable bonds is 4. The lowest BCUT2D eigenvalue weighted by atomic mass is 10.1. The molecule has 1 fully saturated rings. The number of aromatic nitrogens is 2. The van der Waals surface area contributed by atoms with Crippen LogP contribution < -0.4 is 5.73 Å². The van der Waals surface area contributed by atoms with Gasteiger partial charge in [-0.2, -0.15) is 11.8 Å². The molecule has 4 heteroatoms. The van der Waals surface area contributed by atoms with Gasteiger partial charge in [0, 0.05) is 23.6 Å². The summed E-state index contributed by atoms with van der Waals surface area (Å²) in [4.78, 5) is 7.85. The van der Waals surface area contributed by atoms with Gasteiger partial charge in [-0.05, 0) is 31.6 Å². The number of imidazole rings is 1. The van der Waals surface area contributed by atoms with Gasteiger partial charge in [0.15, 0.2) is 0 Å². The molecule has 0 bridgehead atoms. The third kappa shape index (κ3) is 2.30. The highest BCUT2D eigenvalue weighted by Gasteiger charge is 2.19. The Bertz CT molecular complexity index is 279. The van der Waals surface area contributed by atoms with Crippen LogP contribution in [-0.4, -0.2) is 28.0 Å². The SMILES string of the molecule is NCCCc1cnc(C2CCSC2)[nH]1. The number of nitrogens with zero attached hydrogens (tertiary/aromatic N) is 1. The molecule has 0 aliphatic carbocycles. The molecule has 0 spiro atoms. The number of thioether (sulfide) groups is 1. The van der Waals surface area contributed by atoms with E-state index >= 15 is 0 Å². The highest BCUT2D eigenvalue weighted by atomic mass is 32.2. The molecule has 1 aliphatic heterocycles. The molecule has 1 aromatic rings. The second-order valence-electron chi connectivity index (χ2n) is 3.75. The second-order valence-corrected chi connectivity index (χ2v) is 4.90. The van der Waals surface area contributed by atoms with Crippen molar-refractivity contribution in [1.29, 1.82) is 0 Å². The number of hydrogen-bond donors (Lipinski definition) is 2. The molecule has 1 aliphatic rings. The average Bonchev–Trinajstić information content (AvgIpc) is 2.85. The highest BCUT2D eigenvalue weighted by molar-refractivity contribution is 7.99. The number of nitrogens with one attached hydrogen (secondary N) is 1. The maximum atomic E-state index is 5.47. The van der Waals surface area contributed by atoms with E-state index in [2.05, 4.69) is 9.97 Å². The summed E-state index contributed by atoms with van der Waals surface area (Å²) in [5.74, 6) is 4.35. The number of nitrogens with two attached hydrogens (primary N) is 1. The van der Waals surface area contributed by atoms with Crippen molar-refractivity contribution < 1.29 is 0 Å². The predicted octanol–water partition coefficient (Wildman–Crippen LogP) is 1.52. The fraction of sp³-hybridized carbons (Fsp3) is 0.700. The van der Waals surface area contributed by atoms with Gasteiger partial charge in [-0.1, -0.05) is 0 Å². The van der Waals surface area contributed by atoms with Gasteiger partial charge < -0.3 is 10.7 Å². The first-order chi connectivity index (χ1) is 6.90.